The standard InChI is InChI=1S/C13H13FN2O3/c1-8(2)5-9(7-15)13(17)11-4-3-10(16(18)19)6-12(11)14/h3-4,6,8-9H,5H2,1-2H3. The number of non-ortho nitro benzene ring substituents is 1. The van der Waals surface area contributed by atoms with Crippen molar-refractivity contribution in [3.8, 4) is 6.07 Å². The maximum Gasteiger partial charge on any atom is 0.272 e. The van der Waals surface area contributed by atoms with Crippen LogP contribution in [0.3, 0.4) is 0 Å². The van der Waals surface area contributed by atoms with Crippen LogP contribution in [-0.2, 0) is 0 Å². The van der Waals surface area contributed by atoms with Gasteiger partial charge in [-0.2, -0.15) is 5.26 Å². The van der Waals surface area contributed by atoms with Crippen molar-refractivity contribution in [2.75, 3.05) is 0 Å². The van der Waals surface area contributed by atoms with Gasteiger partial charge in [-0.15, -0.1) is 0 Å². The summed E-state index contributed by atoms with van der Waals surface area (Å²) >= 11 is 0. The van der Waals surface area contributed by atoms with E-state index in [0.29, 0.717) is 12.5 Å². The normalized spacial score (nSPS) is 11.9. The van der Waals surface area contributed by atoms with Crippen molar-refractivity contribution >= 4 is 11.5 Å². The predicted octanol–water partition coefficient (Wildman–Crippen LogP) is 3.10. The minimum Gasteiger partial charge on any atom is -0.293 e. The van der Waals surface area contributed by atoms with Crippen LogP contribution < -0.4 is 0 Å². The molecule has 0 amide bonds. The highest BCUT2D eigenvalue weighted by Gasteiger charge is 2.24. The Labute approximate surface area is 109 Å². The molecular formula is C13H13FN2O3. The molecule has 0 bridgehead atoms. The largest absolute Gasteiger partial charge is 0.293 e. The topological polar surface area (TPSA) is 84.0 Å². The van der Waals surface area contributed by atoms with E-state index < -0.39 is 28.1 Å². The first-order valence-electron chi connectivity index (χ1n) is 5.74. The zero-order valence-corrected chi connectivity index (χ0v) is 10.6. The number of Topliss-reactive ketones (excluding diaryl/α,β-unsaturated/α-hetero) is 1. The van der Waals surface area contributed by atoms with Crippen molar-refractivity contribution in [2.45, 2.75) is 20.3 Å². The lowest BCUT2D eigenvalue weighted by Gasteiger charge is -2.11. The van der Waals surface area contributed by atoms with E-state index in [0.717, 1.165) is 12.1 Å². The van der Waals surface area contributed by atoms with Gasteiger partial charge in [-0.3, -0.25) is 14.9 Å². The second-order valence-corrected chi connectivity index (χ2v) is 4.60. The molecule has 0 saturated heterocycles. The molecule has 0 aliphatic carbocycles. The first-order chi connectivity index (χ1) is 8.86. The number of hydrogen-bond acceptors (Lipinski definition) is 4. The lowest BCUT2D eigenvalue weighted by atomic mass is 9.90. The molecule has 1 aromatic carbocycles. The summed E-state index contributed by atoms with van der Waals surface area (Å²) in [5.74, 6) is -2.42. The van der Waals surface area contributed by atoms with Crippen molar-refractivity contribution in [3.63, 3.8) is 0 Å². The van der Waals surface area contributed by atoms with E-state index in [1.165, 1.54) is 0 Å². The third kappa shape index (κ3) is 3.58. The van der Waals surface area contributed by atoms with E-state index in [1.807, 2.05) is 19.9 Å². The Morgan fingerprint density at radius 2 is 2.16 bits per heavy atom. The van der Waals surface area contributed by atoms with Gasteiger partial charge < -0.3 is 0 Å². The molecule has 0 saturated carbocycles. The molecule has 100 valence electrons. The number of ketones is 1. The Morgan fingerprint density at radius 3 is 2.58 bits per heavy atom. The van der Waals surface area contributed by atoms with Crippen molar-refractivity contribution in [1.82, 2.24) is 0 Å². The number of hydrogen-bond donors (Lipinski definition) is 0. The minimum atomic E-state index is -0.969. The van der Waals surface area contributed by atoms with Crippen LogP contribution in [0, 0.1) is 39.1 Å². The fraction of sp³-hybridized carbons (Fsp3) is 0.385. The van der Waals surface area contributed by atoms with Crippen molar-refractivity contribution in [2.24, 2.45) is 11.8 Å². The summed E-state index contributed by atoms with van der Waals surface area (Å²) < 4.78 is 13.7. The summed E-state index contributed by atoms with van der Waals surface area (Å²) in [5, 5.41) is 19.4. The Hall–Kier alpha value is -2.29. The number of halogens is 1. The maximum absolute atomic E-state index is 13.7. The number of nitrogens with zero attached hydrogens (tertiary/aromatic N) is 2. The SMILES string of the molecule is CC(C)CC(C#N)C(=O)c1ccc([N+](=O)[O-])cc1F. The molecule has 0 heterocycles. The average molecular weight is 264 g/mol. The van der Waals surface area contributed by atoms with Crippen LogP contribution in [0.15, 0.2) is 18.2 Å². The lowest BCUT2D eigenvalue weighted by Crippen LogP contribution is -2.16. The van der Waals surface area contributed by atoms with Crippen LogP contribution in [0.5, 0.6) is 0 Å². The maximum atomic E-state index is 13.7. The second-order valence-electron chi connectivity index (χ2n) is 4.60. The zero-order valence-electron chi connectivity index (χ0n) is 10.6. The predicted molar refractivity (Wildman–Crippen MR) is 65.9 cm³/mol. The Kier molecular flexibility index (Phi) is 4.70. The molecular weight excluding hydrogens is 251 g/mol. The van der Waals surface area contributed by atoms with Crippen molar-refractivity contribution < 1.29 is 14.1 Å². The molecule has 1 unspecified atom stereocenters. The molecule has 19 heavy (non-hydrogen) atoms. The fourth-order valence-electron chi connectivity index (χ4n) is 1.69. The van der Waals surface area contributed by atoms with Gasteiger partial charge in [0.2, 0.25) is 0 Å². The number of nitro groups is 1. The number of carbonyl (C=O) groups is 1. The number of carbonyl (C=O) groups excluding carboxylic acids is 1. The van der Waals surface area contributed by atoms with E-state index in [-0.39, 0.29) is 11.5 Å². The van der Waals surface area contributed by atoms with Crippen LogP contribution in [0.25, 0.3) is 0 Å². The summed E-state index contributed by atoms with van der Waals surface area (Å²) in [6, 6.07) is 4.65. The molecule has 1 rings (SSSR count). The molecule has 5 nitrogen and oxygen atoms in total. The van der Waals surface area contributed by atoms with Gasteiger partial charge in [-0.1, -0.05) is 13.8 Å². The van der Waals surface area contributed by atoms with Gasteiger partial charge in [-0.25, -0.2) is 4.39 Å². The monoisotopic (exact) mass is 264 g/mol. The van der Waals surface area contributed by atoms with E-state index >= 15 is 0 Å². The van der Waals surface area contributed by atoms with E-state index in [9.17, 15) is 19.3 Å². The van der Waals surface area contributed by atoms with E-state index in [4.69, 9.17) is 5.26 Å². The molecule has 0 aromatic heterocycles. The first-order valence-corrected chi connectivity index (χ1v) is 5.74. The summed E-state index contributed by atoms with van der Waals surface area (Å²) in [5.41, 5.74) is -0.704. The van der Waals surface area contributed by atoms with Crippen molar-refractivity contribution in [3.05, 3.63) is 39.7 Å². The Morgan fingerprint density at radius 1 is 1.53 bits per heavy atom. The van der Waals surface area contributed by atoms with Gasteiger partial charge >= 0.3 is 0 Å². The summed E-state index contributed by atoms with van der Waals surface area (Å²) in [6.07, 6.45) is 0.325. The van der Waals surface area contributed by atoms with Gasteiger partial charge in [0.15, 0.2) is 5.78 Å². The lowest BCUT2D eigenvalue weighted by molar-refractivity contribution is -0.385. The number of rotatable bonds is 5. The summed E-state index contributed by atoms with van der Waals surface area (Å²) in [7, 11) is 0. The van der Waals surface area contributed by atoms with Crippen LogP contribution in [-0.4, -0.2) is 10.7 Å². The van der Waals surface area contributed by atoms with Gasteiger partial charge in [0.25, 0.3) is 5.69 Å². The molecule has 0 aliphatic rings. The number of nitriles is 1. The minimum absolute atomic E-state index is 0.120. The third-order valence-electron chi connectivity index (χ3n) is 2.61. The fourth-order valence-corrected chi connectivity index (χ4v) is 1.69. The zero-order chi connectivity index (χ0) is 14.6. The van der Waals surface area contributed by atoms with Crippen molar-refractivity contribution in [1.29, 1.82) is 5.26 Å². The number of nitro benzene ring substituents is 1. The molecule has 6 heteroatoms. The first kappa shape index (κ1) is 14.8. The second kappa shape index (κ2) is 6.05. The average Bonchev–Trinajstić information content (AvgIpc) is 2.34. The molecule has 0 aliphatic heterocycles. The molecule has 0 spiro atoms. The van der Waals surface area contributed by atoms with E-state index in [2.05, 4.69) is 0 Å². The molecule has 1 aromatic rings. The molecule has 0 fully saturated rings. The van der Waals surface area contributed by atoms with Gasteiger partial charge in [0, 0.05) is 6.07 Å². The smallest absolute Gasteiger partial charge is 0.272 e. The van der Waals surface area contributed by atoms with Crippen LogP contribution in [0.1, 0.15) is 30.6 Å². The quantitative estimate of drug-likeness (QED) is 0.464. The number of benzene rings is 1. The van der Waals surface area contributed by atoms with E-state index in [1.54, 1.807) is 0 Å². The molecule has 0 radical (unpaired) electrons. The van der Waals surface area contributed by atoms with Gasteiger partial charge in [0.1, 0.15) is 11.7 Å². The highest BCUT2D eigenvalue weighted by Crippen LogP contribution is 2.22. The Balaban J connectivity index is 3.06. The Bertz CT molecular complexity index is 549. The highest BCUT2D eigenvalue weighted by atomic mass is 19.1. The third-order valence-corrected chi connectivity index (χ3v) is 2.61. The van der Waals surface area contributed by atoms with Gasteiger partial charge in [0.05, 0.1) is 22.6 Å². The summed E-state index contributed by atoms with van der Waals surface area (Å²) in [6.45, 7) is 3.70. The van der Waals surface area contributed by atoms with Crippen LogP contribution in [0.2, 0.25) is 0 Å². The molecule has 1 atom stereocenters. The van der Waals surface area contributed by atoms with Gasteiger partial charge in [-0.05, 0) is 18.4 Å². The van der Waals surface area contributed by atoms with Crippen LogP contribution in [0.4, 0.5) is 10.1 Å². The van der Waals surface area contributed by atoms with Crippen LogP contribution >= 0.6 is 0 Å². The molecule has 0 N–H and O–H groups in total. The summed E-state index contributed by atoms with van der Waals surface area (Å²) in [4.78, 5) is 21.7. The highest BCUT2D eigenvalue weighted by molar-refractivity contribution is 5.99.